The summed E-state index contributed by atoms with van der Waals surface area (Å²) >= 11 is 3.65. The lowest BCUT2D eigenvalue weighted by molar-refractivity contribution is 0.648. The Balaban J connectivity index is 0.00000261. The quantitative estimate of drug-likeness (QED) is 0.338. The van der Waals surface area contributed by atoms with Crippen LogP contribution in [0.15, 0.2) is 51.9 Å². The minimum Gasteiger partial charge on any atom is -0.368 e. The van der Waals surface area contributed by atoms with Crippen molar-refractivity contribution in [2.75, 3.05) is 24.5 Å². The molecule has 0 amide bonds. The van der Waals surface area contributed by atoms with Gasteiger partial charge in [0, 0.05) is 35.8 Å². The highest BCUT2D eigenvalue weighted by Crippen LogP contribution is 2.28. The molecular weight excluding hydrogens is 517 g/mol. The molecule has 2 N–H and O–H groups in total. The fourth-order valence-electron chi connectivity index (χ4n) is 3.17. The third-order valence-electron chi connectivity index (χ3n) is 4.41. The number of hydrogen-bond donors (Lipinski definition) is 2. The number of para-hydroxylation sites is 1. The second-order valence-electron chi connectivity index (χ2n) is 6.49. The minimum atomic E-state index is 0. The fraction of sp³-hybridized carbons (Fsp3) is 0.400. The van der Waals surface area contributed by atoms with E-state index in [4.69, 9.17) is 4.99 Å². The number of rotatable bonds is 5. The van der Waals surface area contributed by atoms with Gasteiger partial charge in [0.1, 0.15) is 0 Å². The Hall–Kier alpha value is -1.35. The predicted molar refractivity (Wildman–Crippen MR) is 127 cm³/mol. The summed E-state index contributed by atoms with van der Waals surface area (Å²) < 4.78 is 1.15. The number of nitrogens with zero attached hydrogens (tertiary/aromatic N) is 3. The second kappa shape index (κ2) is 10.8. The minimum absolute atomic E-state index is 0. The first-order chi connectivity index (χ1) is 12.7. The standard InChI is InChI=1S/C20H26BrN5.HI/c1-3-22-20(23-13-16-8-6-7-15(2)24-16)25-17-11-12-26(14-17)19-10-5-4-9-18(19)21;/h4-10,17H,3,11-14H2,1-2H3,(H2,22,23,25);1H. The molecule has 1 atom stereocenters. The van der Waals surface area contributed by atoms with Crippen molar-refractivity contribution in [1.29, 1.82) is 0 Å². The van der Waals surface area contributed by atoms with E-state index in [1.54, 1.807) is 0 Å². The molecule has 1 aliphatic rings. The lowest BCUT2D eigenvalue weighted by Gasteiger charge is -2.21. The van der Waals surface area contributed by atoms with E-state index in [0.29, 0.717) is 12.6 Å². The van der Waals surface area contributed by atoms with Crippen molar-refractivity contribution >= 4 is 51.6 Å². The van der Waals surface area contributed by atoms with Crippen LogP contribution >= 0.6 is 39.9 Å². The lowest BCUT2D eigenvalue weighted by atomic mass is 10.2. The monoisotopic (exact) mass is 543 g/mol. The van der Waals surface area contributed by atoms with E-state index in [1.807, 2.05) is 25.1 Å². The second-order valence-corrected chi connectivity index (χ2v) is 7.35. The number of aliphatic imine (C=N–C) groups is 1. The van der Waals surface area contributed by atoms with Gasteiger partial charge in [-0.2, -0.15) is 0 Å². The number of benzene rings is 1. The number of guanidine groups is 1. The Kier molecular flexibility index (Phi) is 8.82. The first-order valence-electron chi connectivity index (χ1n) is 9.12. The van der Waals surface area contributed by atoms with Gasteiger partial charge in [0.15, 0.2) is 5.96 Å². The highest BCUT2D eigenvalue weighted by Gasteiger charge is 2.24. The topological polar surface area (TPSA) is 52.6 Å². The van der Waals surface area contributed by atoms with Crippen molar-refractivity contribution in [3.8, 4) is 0 Å². The van der Waals surface area contributed by atoms with E-state index in [9.17, 15) is 0 Å². The maximum Gasteiger partial charge on any atom is 0.191 e. The van der Waals surface area contributed by atoms with Crippen molar-refractivity contribution in [3.63, 3.8) is 0 Å². The summed E-state index contributed by atoms with van der Waals surface area (Å²) in [6.07, 6.45) is 1.09. The fourth-order valence-corrected chi connectivity index (χ4v) is 3.70. The van der Waals surface area contributed by atoms with Gasteiger partial charge in [-0.15, -0.1) is 24.0 Å². The molecule has 0 spiro atoms. The maximum absolute atomic E-state index is 4.71. The summed E-state index contributed by atoms with van der Waals surface area (Å²) in [4.78, 5) is 11.6. The lowest BCUT2D eigenvalue weighted by Crippen LogP contribution is -2.44. The molecule has 0 saturated carbocycles. The summed E-state index contributed by atoms with van der Waals surface area (Å²) in [5.41, 5.74) is 3.27. The Morgan fingerprint density at radius 3 is 2.81 bits per heavy atom. The summed E-state index contributed by atoms with van der Waals surface area (Å²) in [6, 6.07) is 14.8. The van der Waals surface area contributed by atoms with Gasteiger partial charge >= 0.3 is 0 Å². The first kappa shape index (κ1) is 21.9. The molecule has 1 aromatic carbocycles. The maximum atomic E-state index is 4.71. The van der Waals surface area contributed by atoms with Crippen molar-refractivity contribution in [3.05, 3.63) is 58.3 Å². The number of aromatic nitrogens is 1. The van der Waals surface area contributed by atoms with Crippen LogP contribution in [0.5, 0.6) is 0 Å². The molecule has 0 bridgehead atoms. The summed E-state index contributed by atoms with van der Waals surface area (Å²) in [7, 11) is 0. The number of aryl methyl sites for hydroxylation is 1. The summed E-state index contributed by atoms with van der Waals surface area (Å²) in [5, 5.41) is 6.92. The van der Waals surface area contributed by atoms with E-state index in [-0.39, 0.29) is 24.0 Å². The molecular formula is C20H27BrIN5. The molecule has 1 aliphatic heterocycles. The van der Waals surface area contributed by atoms with Gasteiger partial charge in [-0.25, -0.2) is 4.99 Å². The SMILES string of the molecule is CCNC(=NCc1cccc(C)n1)NC1CCN(c2ccccc2Br)C1.I. The van der Waals surface area contributed by atoms with Crippen LogP contribution in [0.2, 0.25) is 0 Å². The average molecular weight is 544 g/mol. The number of hydrogen-bond acceptors (Lipinski definition) is 3. The average Bonchev–Trinajstić information content (AvgIpc) is 3.09. The summed E-state index contributed by atoms with van der Waals surface area (Å²) in [6.45, 7) is 7.52. The summed E-state index contributed by atoms with van der Waals surface area (Å²) in [5.74, 6) is 0.856. The van der Waals surface area contributed by atoms with Crippen molar-refractivity contribution in [2.45, 2.75) is 32.9 Å². The molecule has 1 fully saturated rings. The molecule has 2 heterocycles. The number of halogens is 2. The van der Waals surface area contributed by atoms with Crippen LogP contribution in [0.3, 0.4) is 0 Å². The van der Waals surface area contributed by atoms with Gasteiger partial charge in [0.2, 0.25) is 0 Å². The molecule has 7 heteroatoms. The Morgan fingerprint density at radius 2 is 2.07 bits per heavy atom. The van der Waals surface area contributed by atoms with Crippen LogP contribution in [0.1, 0.15) is 24.7 Å². The number of anilines is 1. The zero-order valence-corrected chi connectivity index (χ0v) is 19.7. The van der Waals surface area contributed by atoms with Crippen molar-refractivity contribution < 1.29 is 0 Å². The van der Waals surface area contributed by atoms with Crippen molar-refractivity contribution in [1.82, 2.24) is 15.6 Å². The molecule has 0 radical (unpaired) electrons. The molecule has 27 heavy (non-hydrogen) atoms. The zero-order chi connectivity index (χ0) is 18.4. The first-order valence-corrected chi connectivity index (χ1v) is 9.92. The molecule has 146 valence electrons. The van der Waals surface area contributed by atoms with Gasteiger partial charge in [-0.3, -0.25) is 4.98 Å². The molecule has 1 aromatic heterocycles. The molecule has 0 aliphatic carbocycles. The number of pyridine rings is 1. The Morgan fingerprint density at radius 1 is 1.26 bits per heavy atom. The van der Waals surface area contributed by atoms with Crippen LogP contribution in [-0.2, 0) is 6.54 Å². The van der Waals surface area contributed by atoms with E-state index in [0.717, 1.165) is 47.9 Å². The zero-order valence-electron chi connectivity index (χ0n) is 15.8. The third kappa shape index (κ3) is 6.34. The Labute approximate surface area is 187 Å². The van der Waals surface area contributed by atoms with E-state index < -0.39 is 0 Å². The smallest absolute Gasteiger partial charge is 0.191 e. The molecule has 3 rings (SSSR count). The van der Waals surface area contributed by atoms with Crippen LogP contribution < -0.4 is 15.5 Å². The van der Waals surface area contributed by atoms with Crippen LogP contribution in [0.25, 0.3) is 0 Å². The highest BCUT2D eigenvalue weighted by atomic mass is 127. The highest BCUT2D eigenvalue weighted by molar-refractivity contribution is 14.0. The molecule has 2 aromatic rings. The molecule has 1 saturated heterocycles. The molecule has 5 nitrogen and oxygen atoms in total. The van der Waals surface area contributed by atoms with Gasteiger partial charge in [-0.05, 0) is 60.5 Å². The third-order valence-corrected chi connectivity index (χ3v) is 5.08. The van der Waals surface area contributed by atoms with Gasteiger partial charge < -0.3 is 15.5 Å². The van der Waals surface area contributed by atoms with Crippen LogP contribution in [0, 0.1) is 6.92 Å². The number of nitrogens with one attached hydrogen (secondary N) is 2. The largest absolute Gasteiger partial charge is 0.368 e. The normalized spacial score (nSPS) is 16.8. The van der Waals surface area contributed by atoms with E-state index >= 15 is 0 Å². The Bertz CT molecular complexity index is 768. The van der Waals surface area contributed by atoms with Gasteiger partial charge in [-0.1, -0.05) is 18.2 Å². The van der Waals surface area contributed by atoms with Gasteiger partial charge in [0.05, 0.1) is 17.9 Å². The van der Waals surface area contributed by atoms with Crippen LogP contribution in [-0.4, -0.2) is 36.6 Å². The van der Waals surface area contributed by atoms with E-state index in [2.05, 4.69) is 67.6 Å². The molecule has 1 unspecified atom stereocenters. The predicted octanol–water partition coefficient (Wildman–Crippen LogP) is 4.10. The van der Waals surface area contributed by atoms with Crippen molar-refractivity contribution in [2.24, 2.45) is 4.99 Å². The van der Waals surface area contributed by atoms with E-state index in [1.165, 1.54) is 5.69 Å². The van der Waals surface area contributed by atoms with Crippen LogP contribution in [0.4, 0.5) is 5.69 Å². The van der Waals surface area contributed by atoms with Gasteiger partial charge in [0.25, 0.3) is 0 Å².